The Morgan fingerprint density at radius 2 is 1.85 bits per heavy atom. The maximum atomic E-state index is 13.8. The van der Waals surface area contributed by atoms with Crippen LogP contribution >= 0.6 is 11.3 Å². The van der Waals surface area contributed by atoms with E-state index < -0.39 is 16.9 Å². The predicted molar refractivity (Wildman–Crippen MR) is 155 cm³/mol. The summed E-state index contributed by atoms with van der Waals surface area (Å²) < 4.78 is 13.2. The Kier molecular flexibility index (Phi) is 8.21. The van der Waals surface area contributed by atoms with Crippen LogP contribution in [0.15, 0.2) is 99.9 Å². The van der Waals surface area contributed by atoms with Crippen molar-refractivity contribution in [2.24, 2.45) is 4.99 Å². The summed E-state index contributed by atoms with van der Waals surface area (Å²) in [6.45, 7) is 4.39. The van der Waals surface area contributed by atoms with Crippen LogP contribution in [0.4, 0.5) is 5.69 Å². The second-order valence-electron chi connectivity index (χ2n) is 9.41. The minimum absolute atomic E-state index is 0.0736. The molecule has 0 saturated carbocycles. The van der Waals surface area contributed by atoms with E-state index >= 15 is 0 Å². The van der Waals surface area contributed by atoms with Crippen LogP contribution in [-0.4, -0.2) is 22.1 Å². The van der Waals surface area contributed by atoms with E-state index in [1.54, 1.807) is 25.1 Å². The van der Waals surface area contributed by atoms with E-state index in [1.807, 2.05) is 61.5 Å². The SMILES string of the molecule is CCCOc1ccc(C2C(C(=O)OCc3ccccc3)=C(C)N=c3sc(=Cc4cccc([N+](=O)[O-])c4)c(=O)n32)cc1. The number of nitrogens with zero attached hydrogens (tertiary/aromatic N) is 3. The minimum Gasteiger partial charge on any atom is -0.494 e. The standard InChI is InChI=1S/C31H27N3O6S/c1-3-16-39-25-14-12-23(13-15-25)28-27(30(36)40-19-21-8-5-4-6-9-21)20(2)32-31-33(28)29(35)26(41-31)18-22-10-7-11-24(17-22)34(37)38/h4-15,17-18,28H,3,16,19H2,1-2H3. The third kappa shape index (κ3) is 6.02. The molecule has 0 spiro atoms. The number of hydrogen-bond donors (Lipinski definition) is 0. The molecular weight excluding hydrogens is 542 g/mol. The van der Waals surface area contributed by atoms with Gasteiger partial charge in [0.25, 0.3) is 11.2 Å². The van der Waals surface area contributed by atoms with Crippen molar-refractivity contribution in [3.05, 3.63) is 137 Å². The number of allylic oxidation sites excluding steroid dienone is 1. The number of aromatic nitrogens is 1. The Morgan fingerprint density at radius 3 is 2.56 bits per heavy atom. The van der Waals surface area contributed by atoms with Crippen molar-refractivity contribution in [3.8, 4) is 5.75 Å². The van der Waals surface area contributed by atoms with E-state index in [1.165, 1.54) is 16.7 Å². The van der Waals surface area contributed by atoms with Crippen LogP contribution in [-0.2, 0) is 16.1 Å². The van der Waals surface area contributed by atoms with E-state index in [0.29, 0.717) is 38.5 Å². The van der Waals surface area contributed by atoms with E-state index in [2.05, 4.69) is 4.99 Å². The van der Waals surface area contributed by atoms with Gasteiger partial charge in [0.1, 0.15) is 12.4 Å². The van der Waals surface area contributed by atoms with Crippen molar-refractivity contribution >= 4 is 29.1 Å². The highest BCUT2D eigenvalue weighted by Crippen LogP contribution is 2.32. The monoisotopic (exact) mass is 569 g/mol. The number of rotatable bonds is 9. The lowest BCUT2D eigenvalue weighted by Gasteiger charge is -2.25. The maximum absolute atomic E-state index is 13.8. The first-order valence-corrected chi connectivity index (χ1v) is 13.9. The molecule has 0 N–H and O–H groups in total. The first kappa shape index (κ1) is 27.7. The normalized spacial score (nSPS) is 14.8. The molecule has 1 aromatic heterocycles. The fourth-order valence-electron chi connectivity index (χ4n) is 4.54. The number of ether oxygens (including phenoxy) is 2. The molecule has 0 fully saturated rings. The van der Waals surface area contributed by atoms with Gasteiger partial charge in [-0.15, -0.1) is 0 Å². The van der Waals surface area contributed by atoms with E-state index in [-0.39, 0.29) is 23.4 Å². The molecule has 41 heavy (non-hydrogen) atoms. The Morgan fingerprint density at radius 1 is 1.10 bits per heavy atom. The lowest BCUT2D eigenvalue weighted by atomic mass is 9.96. The minimum atomic E-state index is -0.790. The average molecular weight is 570 g/mol. The molecule has 0 amide bonds. The number of hydrogen-bond acceptors (Lipinski definition) is 8. The molecule has 1 aliphatic rings. The molecule has 1 atom stereocenters. The van der Waals surface area contributed by atoms with Crippen LogP contribution in [0.2, 0.25) is 0 Å². The summed E-state index contributed by atoms with van der Waals surface area (Å²) in [5.41, 5.74) is 2.31. The molecule has 10 heteroatoms. The fourth-order valence-corrected chi connectivity index (χ4v) is 5.59. The quantitative estimate of drug-likeness (QED) is 0.164. The molecule has 2 heterocycles. The first-order chi connectivity index (χ1) is 19.9. The van der Waals surface area contributed by atoms with Crippen molar-refractivity contribution in [1.29, 1.82) is 0 Å². The van der Waals surface area contributed by atoms with Gasteiger partial charge in [-0.3, -0.25) is 19.5 Å². The zero-order valence-corrected chi connectivity index (χ0v) is 23.3. The van der Waals surface area contributed by atoms with E-state index in [4.69, 9.17) is 9.47 Å². The Bertz CT molecular complexity index is 1810. The van der Waals surface area contributed by atoms with Gasteiger partial charge in [0.2, 0.25) is 0 Å². The molecule has 208 valence electrons. The highest BCUT2D eigenvalue weighted by Gasteiger charge is 2.33. The van der Waals surface area contributed by atoms with Crippen molar-refractivity contribution in [1.82, 2.24) is 4.57 Å². The molecule has 4 aromatic rings. The number of carbonyl (C=O) groups excluding carboxylic acids is 1. The molecule has 1 unspecified atom stereocenters. The third-order valence-corrected chi connectivity index (χ3v) is 7.48. The van der Waals surface area contributed by atoms with E-state index in [9.17, 15) is 19.7 Å². The van der Waals surface area contributed by atoms with Crippen LogP contribution in [0, 0.1) is 10.1 Å². The number of nitro groups is 1. The fraction of sp³-hybridized carbons (Fsp3) is 0.194. The smallest absolute Gasteiger partial charge is 0.338 e. The van der Waals surface area contributed by atoms with Gasteiger partial charge >= 0.3 is 5.97 Å². The van der Waals surface area contributed by atoms with Crippen LogP contribution in [0.5, 0.6) is 5.75 Å². The lowest BCUT2D eigenvalue weighted by Crippen LogP contribution is -2.39. The Balaban J connectivity index is 1.59. The van der Waals surface area contributed by atoms with Crippen LogP contribution in [0.25, 0.3) is 6.08 Å². The van der Waals surface area contributed by atoms with Gasteiger partial charge in [-0.05, 0) is 48.2 Å². The molecule has 0 bridgehead atoms. The van der Waals surface area contributed by atoms with E-state index in [0.717, 1.165) is 23.3 Å². The lowest BCUT2D eigenvalue weighted by molar-refractivity contribution is -0.384. The van der Waals surface area contributed by atoms with Crippen LogP contribution in [0.3, 0.4) is 0 Å². The second kappa shape index (κ2) is 12.1. The number of benzene rings is 3. The van der Waals surface area contributed by atoms with Crippen LogP contribution in [0.1, 0.15) is 43.0 Å². The summed E-state index contributed by atoms with van der Waals surface area (Å²) in [7, 11) is 0. The number of carbonyl (C=O) groups is 1. The summed E-state index contributed by atoms with van der Waals surface area (Å²) in [5, 5.41) is 11.2. The zero-order valence-electron chi connectivity index (χ0n) is 22.5. The zero-order chi connectivity index (χ0) is 28.9. The maximum Gasteiger partial charge on any atom is 0.338 e. The van der Waals surface area contributed by atoms with Gasteiger partial charge in [0, 0.05) is 12.1 Å². The van der Waals surface area contributed by atoms with Gasteiger partial charge in [-0.25, -0.2) is 9.79 Å². The molecule has 0 radical (unpaired) electrons. The summed E-state index contributed by atoms with van der Waals surface area (Å²) >= 11 is 1.16. The molecule has 9 nitrogen and oxygen atoms in total. The second-order valence-corrected chi connectivity index (χ2v) is 10.4. The number of fused-ring (bicyclic) bond motifs is 1. The number of esters is 1. The number of nitro benzene ring substituents is 1. The van der Waals surface area contributed by atoms with Crippen molar-refractivity contribution in [3.63, 3.8) is 0 Å². The third-order valence-electron chi connectivity index (χ3n) is 6.50. The summed E-state index contributed by atoms with van der Waals surface area (Å²) in [6.07, 6.45) is 2.46. The molecular formula is C31H27N3O6S. The Labute approximate surface area is 239 Å². The van der Waals surface area contributed by atoms with Crippen molar-refractivity contribution in [2.45, 2.75) is 32.9 Å². The molecule has 0 aliphatic carbocycles. The Hall–Kier alpha value is -4.83. The van der Waals surface area contributed by atoms with Gasteiger partial charge in [-0.1, -0.05) is 72.9 Å². The summed E-state index contributed by atoms with van der Waals surface area (Å²) in [5.74, 6) is 0.113. The average Bonchev–Trinajstić information content (AvgIpc) is 3.28. The first-order valence-electron chi connectivity index (χ1n) is 13.1. The van der Waals surface area contributed by atoms with Gasteiger partial charge < -0.3 is 9.47 Å². The highest BCUT2D eigenvalue weighted by atomic mass is 32.1. The van der Waals surface area contributed by atoms with Crippen molar-refractivity contribution < 1.29 is 19.2 Å². The van der Waals surface area contributed by atoms with Crippen LogP contribution < -0.4 is 19.6 Å². The number of non-ortho nitro benzene ring substituents is 1. The van der Waals surface area contributed by atoms with Gasteiger partial charge in [0.05, 0.1) is 33.4 Å². The number of thiazole rings is 1. The van der Waals surface area contributed by atoms with Gasteiger partial charge in [-0.2, -0.15) is 0 Å². The molecule has 5 rings (SSSR count). The summed E-state index contributed by atoms with van der Waals surface area (Å²) in [6, 6.07) is 21.9. The largest absolute Gasteiger partial charge is 0.494 e. The molecule has 3 aromatic carbocycles. The summed E-state index contributed by atoms with van der Waals surface area (Å²) in [4.78, 5) is 43.2. The molecule has 0 saturated heterocycles. The van der Waals surface area contributed by atoms with Crippen molar-refractivity contribution in [2.75, 3.05) is 6.61 Å². The molecule has 1 aliphatic heterocycles. The highest BCUT2D eigenvalue weighted by molar-refractivity contribution is 7.07. The topological polar surface area (TPSA) is 113 Å². The predicted octanol–water partition coefficient (Wildman–Crippen LogP) is 4.68. The van der Waals surface area contributed by atoms with Gasteiger partial charge in [0.15, 0.2) is 4.80 Å².